The molecule has 0 bridgehead atoms. The largest absolute Gasteiger partial charge is 0.416 e. The van der Waals surface area contributed by atoms with E-state index >= 15 is 0 Å². The molecule has 3 N–H and O–H groups in total. The molecule has 2 rings (SSSR count). The molecule has 3 amide bonds. The van der Waals surface area contributed by atoms with Crippen molar-refractivity contribution in [1.82, 2.24) is 16.0 Å². The average Bonchev–Trinajstić information content (AvgIpc) is 2.45. The van der Waals surface area contributed by atoms with E-state index in [1.807, 2.05) is 0 Å². The summed E-state index contributed by atoms with van der Waals surface area (Å²) < 4.78 is 37.8. The fraction of sp³-hybridized carbons (Fsp3) is 0.286. The van der Waals surface area contributed by atoms with Crippen LogP contribution in [-0.4, -0.2) is 19.0 Å². The maximum Gasteiger partial charge on any atom is 0.416 e. The predicted octanol–water partition coefficient (Wildman–Crippen LogP) is 2.08. The smallest absolute Gasteiger partial charge is 0.355 e. The monoisotopic (exact) mass is 313 g/mol. The lowest BCUT2D eigenvalue weighted by atomic mass is 9.94. The molecule has 0 radical (unpaired) electrons. The molecule has 0 aliphatic carbocycles. The first-order chi connectivity index (χ1) is 10.2. The molecule has 0 spiro atoms. The number of halogens is 3. The third-order valence-electron chi connectivity index (χ3n) is 3.31. The van der Waals surface area contributed by atoms with Crippen LogP contribution in [0.4, 0.5) is 18.0 Å². The molecule has 5 nitrogen and oxygen atoms in total. The lowest BCUT2D eigenvalue weighted by Gasteiger charge is -2.28. The van der Waals surface area contributed by atoms with Crippen LogP contribution in [0.1, 0.15) is 24.1 Å². The molecule has 1 aromatic carbocycles. The summed E-state index contributed by atoms with van der Waals surface area (Å²) in [5.41, 5.74) is 0.203. The SMILES string of the molecule is CNC(=O)C1=C(C)NC(=O)NC1c1ccc(C(F)(F)F)cc1. The van der Waals surface area contributed by atoms with Crippen LogP contribution in [0.2, 0.25) is 0 Å². The summed E-state index contributed by atoms with van der Waals surface area (Å²) in [6, 6.07) is 3.00. The van der Waals surface area contributed by atoms with Gasteiger partial charge in [0, 0.05) is 12.7 Å². The second-order valence-corrected chi connectivity index (χ2v) is 4.77. The zero-order valence-corrected chi connectivity index (χ0v) is 11.8. The Kier molecular flexibility index (Phi) is 4.11. The Labute approximate surface area is 124 Å². The van der Waals surface area contributed by atoms with E-state index in [9.17, 15) is 22.8 Å². The Balaban J connectivity index is 2.42. The standard InChI is InChI=1S/C14H14F3N3O2/c1-7-10(12(21)18-2)11(20-13(22)19-7)8-3-5-9(6-4-8)14(15,16)17/h3-6,11H,1-2H3,(H,18,21)(H2,19,20,22). The maximum absolute atomic E-state index is 12.6. The summed E-state index contributed by atoms with van der Waals surface area (Å²) in [4.78, 5) is 23.5. The van der Waals surface area contributed by atoms with Gasteiger partial charge in [0.25, 0.3) is 5.91 Å². The van der Waals surface area contributed by atoms with Crippen LogP contribution in [0, 0.1) is 0 Å². The van der Waals surface area contributed by atoms with Crippen LogP contribution < -0.4 is 16.0 Å². The number of alkyl halides is 3. The first-order valence-electron chi connectivity index (χ1n) is 6.41. The van der Waals surface area contributed by atoms with Gasteiger partial charge in [-0.2, -0.15) is 13.2 Å². The molecule has 0 saturated carbocycles. The zero-order chi connectivity index (χ0) is 16.5. The summed E-state index contributed by atoms with van der Waals surface area (Å²) >= 11 is 0. The molecule has 1 heterocycles. The van der Waals surface area contributed by atoms with Crippen LogP contribution in [0.15, 0.2) is 35.5 Å². The number of carbonyl (C=O) groups is 2. The third kappa shape index (κ3) is 3.05. The van der Waals surface area contributed by atoms with E-state index in [0.717, 1.165) is 12.1 Å². The molecule has 1 aliphatic rings. The molecular weight excluding hydrogens is 299 g/mol. The van der Waals surface area contributed by atoms with Crippen molar-refractivity contribution >= 4 is 11.9 Å². The Hall–Kier alpha value is -2.51. The normalized spacial score (nSPS) is 18.6. The number of likely N-dealkylation sites (N-methyl/N-ethyl adjacent to an activating group) is 1. The van der Waals surface area contributed by atoms with Crippen molar-refractivity contribution in [2.24, 2.45) is 0 Å². The van der Waals surface area contributed by atoms with E-state index in [1.165, 1.54) is 19.2 Å². The fourth-order valence-electron chi connectivity index (χ4n) is 2.24. The highest BCUT2D eigenvalue weighted by Gasteiger charge is 2.33. The predicted molar refractivity (Wildman–Crippen MR) is 72.6 cm³/mol. The van der Waals surface area contributed by atoms with Gasteiger partial charge in [-0.3, -0.25) is 4.79 Å². The van der Waals surface area contributed by atoms with E-state index in [2.05, 4.69) is 16.0 Å². The maximum atomic E-state index is 12.6. The third-order valence-corrected chi connectivity index (χ3v) is 3.31. The highest BCUT2D eigenvalue weighted by molar-refractivity contribution is 5.98. The molecule has 22 heavy (non-hydrogen) atoms. The van der Waals surface area contributed by atoms with Gasteiger partial charge in [-0.1, -0.05) is 12.1 Å². The molecule has 1 aromatic rings. The number of urea groups is 1. The quantitative estimate of drug-likeness (QED) is 0.782. The Bertz CT molecular complexity index is 636. The number of benzene rings is 1. The van der Waals surface area contributed by atoms with Crippen molar-refractivity contribution in [2.75, 3.05) is 7.05 Å². The molecule has 1 atom stereocenters. The molecule has 1 aliphatic heterocycles. The van der Waals surface area contributed by atoms with Gasteiger partial charge >= 0.3 is 12.2 Å². The minimum absolute atomic E-state index is 0.252. The number of hydrogen-bond donors (Lipinski definition) is 3. The Morgan fingerprint density at radius 2 is 1.82 bits per heavy atom. The summed E-state index contributed by atoms with van der Waals surface area (Å²) in [5.74, 6) is -0.421. The summed E-state index contributed by atoms with van der Waals surface area (Å²) in [6.45, 7) is 1.56. The average molecular weight is 313 g/mol. The van der Waals surface area contributed by atoms with Crippen molar-refractivity contribution < 1.29 is 22.8 Å². The van der Waals surface area contributed by atoms with E-state index in [4.69, 9.17) is 0 Å². The van der Waals surface area contributed by atoms with Crippen LogP contribution in [-0.2, 0) is 11.0 Å². The van der Waals surface area contributed by atoms with Crippen LogP contribution in [0.3, 0.4) is 0 Å². The molecule has 0 aromatic heterocycles. The number of carbonyl (C=O) groups excluding carboxylic acids is 2. The van der Waals surface area contributed by atoms with Crippen molar-refractivity contribution in [1.29, 1.82) is 0 Å². The molecule has 0 saturated heterocycles. The molecule has 118 valence electrons. The van der Waals surface area contributed by atoms with Crippen molar-refractivity contribution in [3.63, 3.8) is 0 Å². The molecule has 0 fully saturated rings. The zero-order valence-electron chi connectivity index (χ0n) is 11.8. The lowest BCUT2D eigenvalue weighted by Crippen LogP contribution is -2.46. The minimum atomic E-state index is -4.44. The second-order valence-electron chi connectivity index (χ2n) is 4.77. The van der Waals surface area contributed by atoms with E-state index in [-0.39, 0.29) is 5.57 Å². The van der Waals surface area contributed by atoms with Crippen LogP contribution in [0.25, 0.3) is 0 Å². The highest BCUT2D eigenvalue weighted by atomic mass is 19.4. The van der Waals surface area contributed by atoms with Gasteiger partial charge < -0.3 is 16.0 Å². The molecule has 1 unspecified atom stereocenters. The van der Waals surface area contributed by atoms with Crippen molar-refractivity contribution in [3.8, 4) is 0 Å². The van der Waals surface area contributed by atoms with Crippen molar-refractivity contribution in [3.05, 3.63) is 46.7 Å². The summed E-state index contributed by atoms with van der Waals surface area (Å²) in [7, 11) is 1.43. The summed E-state index contributed by atoms with van der Waals surface area (Å²) in [5, 5.41) is 7.45. The topological polar surface area (TPSA) is 70.2 Å². The first kappa shape index (κ1) is 15.9. The second kappa shape index (κ2) is 5.70. The molecule has 8 heteroatoms. The van der Waals surface area contributed by atoms with Crippen LogP contribution >= 0.6 is 0 Å². The van der Waals surface area contributed by atoms with E-state index < -0.39 is 29.7 Å². The number of allylic oxidation sites excluding steroid dienone is 1. The molecular formula is C14H14F3N3O2. The number of hydrogen-bond acceptors (Lipinski definition) is 2. The van der Waals surface area contributed by atoms with Crippen LogP contribution in [0.5, 0.6) is 0 Å². The van der Waals surface area contributed by atoms with E-state index in [0.29, 0.717) is 11.3 Å². The van der Waals surface area contributed by atoms with Gasteiger partial charge in [0.05, 0.1) is 17.2 Å². The lowest BCUT2D eigenvalue weighted by molar-refractivity contribution is -0.137. The Morgan fingerprint density at radius 3 is 2.32 bits per heavy atom. The van der Waals surface area contributed by atoms with Gasteiger partial charge in [-0.25, -0.2) is 4.79 Å². The number of amides is 3. The van der Waals surface area contributed by atoms with Gasteiger partial charge in [0.1, 0.15) is 0 Å². The van der Waals surface area contributed by atoms with E-state index in [1.54, 1.807) is 6.92 Å². The van der Waals surface area contributed by atoms with Crippen molar-refractivity contribution in [2.45, 2.75) is 19.1 Å². The minimum Gasteiger partial charge on any atom is -0.355 e. The fourth-order valence-corrected chi connectivity index (χ4v) is 2.24. The van der Waals surface area contributed by atoms with Gasteiger partial charge in [-0.15, -0.1) is 0 Å². The number of nitrogens with one attached hydrogen (secondary N) is 3. The van der Waals surface area contributed by atoms with Gasteiger partial charge in [-0.05, 0) is 24.6 Å². The highest BCUT2D eigenvalue weighted by Crippen LogP contribution is 2.32. The first-order valence-corrected chi connectivity index (χ1v) is 6.41. The van der Waals surface area contributed by atoms with Gasteiger partial charge in [0.2, 0.25) is 0 Å². The summed E-state index contributed by atoms with van der Waals surface area (Å²) in [6.07, 6.45) is -4.44. The van der Waals surface area contributed by atoms with Gasteiger partial charge in [0.15, 0.2) is 0 Å². The Morgan fingerprint density at radius 1 is 1.23 bits per heavy atom. The number of rotatable bonds is 2.